The van der Waals surface area contributed by atoms with Crippen molar-refractivity contribution < 1.29 is 14.3 Å². The molecule has 10 heavy (non-hydrogen) atoms. The van der Waals surface area contributed by atoms with Gasteiger partial charge in [0.1, 0.15) is 6.10 Å². The van der Waals surface area contributed by atoms with Crippen molar-refractivity contribution in [3.05, 3.63) is 0 Å². The van der Waals surface area contributed by atoms with Gasteiger partial charge in [-0.2, -0.15) is 0 Å². The van der Waals surface area contributed by atoms with Crippen LogP contribution in [0, 0.1) is 0 Å². The van der Waals surface area contributed by atoms with Gasteiger partial charge in [-0.05, 0) is 0 Å². The summed E-state index contributed by atoms with van der Waals surface area (Å²) in [6, 6.07) is 0. The van der Waals surface area contributed by atoms with Gasteiger partial charge in [-0.15, -0.1) is 0 Å². The minimum absolute atomic E-state index is 0.00690. The Morgan fingerprint density at radius 2 is 2.70 bits per heavy atom. The molecule has 1 aliphatic heterocycles. The zero-order chi connectivity index (χ0) is 7.40. The highest BCUT2D eigenvalue weighted by Crippen LogP contribution is 2.03. The second kappa shape index (κ2) is 3.41. The van der Waals surface area contributed by atoms with Crippen LogP contribution in [0.5, 0.6) is 0 Å². The number of ether oxygens (including phenoxy) is 2. The third kappa shape index (κ3) is 1.88. The van der Waals surface area contributed by atoms with Crippen LogP contribution in [0.2, 0.25) is 0 Å². The van der Waals surface area contributed by atoms with E-state index in [9.17, 15) is 4.79 Å². The molecule has 0 radical (unpaired) electrons. The summed E-state index contributed by atoms with van der Waals surface area (Å²) in [6.07, 6.45) is 0.462. The number of hydrogen-bond acceptors (Lipinski definition) is 3. The first kappa shape index (κ1) is 7.34. The molecule has 0 aromatic rings. The second-order valence-electron chi connectivity index (χ2n) is 2.19. The third-order valence-electron chi connectivity index (χ3n) is 1.39. The van der Waals surface area contributed by atoms with Crippen LogP contribution >= 0.6 is 0 Å². The van der Waals surface area contributed by atoms with E-state index in [0.29, 0.717) is 13.2 Å². The number of alkyl carbamates (subject to hydrolysis) is 1. The minimum atomic E-state index is -0.318. The van der Waals surface area contributed by atoms with Crippen LogP contribution in [0.4, 0.5) is 4.79 Å². The average Bonchev–Trinajstić information content (AvgIpc) is 2.31. The van der Waals surface area contributed by atoms with E-state index >= 15 is 0 Å². The van der Waals surface area contributed by atoms with Crippen molar-refractivity contribution in [1.29, 1.82) is 0 Å². The van der Waals surface area contributed by atoms with Crippen molar-refractivity contribution in [3.8, 4) is 0 Å². The molecule has 0 spiro atoms. The standard InChI is InChI=1S/C6H11NO3/c1-9-3-2-5-4-7-6(8)10-5/h5H,2-4H2,1H3,(H,7,8). The Balaban J connectivity index is 2.12. The Bertz CT molecular complexity index is 126. The van der Waals surface area contributed by atoms with Crippen molar-refractivity contribution in [2.75, 3.05) is 20.3 Å². The molecule has 0 aromatic carbocycles. The summed E-state index contributed by atoms with van der Waals surface area (Å²) < 4.78 is 9.65. The highest BCUT2D eigenvalue weighted by Gasteiger charge is 2.21. The molecule has 1 amide bonds. The lowest BCUT2D eigenvalue weighted by Crippen LogP contribution is -2.16. The molecule has 1 rings (SSSR count). The zero-order valence-corrected chi connectivity index (χ0v) is 5.92. The van der Waals surface area contributed by atoms with Gasteiger partial charge in [-0.3, -0.25) is 0 Å². The van der Waals surface area contributed by atoms with Gasteiger partial charge >= 0.3 is 6.09 Å². The Labute approximate surface area is 59.5 Å². The fourth-order valence-electron chi connectivity index (χ4n) is 0.842. The van der Waals surface area contributed by atoms with Crippen LogP contribution in [-0.2, 0) is 9.47 Å². The Hall–Kier alpha value is -0.770. The van der Waals surface area contributed by atoms with Gasteiger partial charge in [0.05, 0.1) is 6.54 Å². The van der Waals surface area contributed by atoms with Crippen molar-refractivity contribution in [2.45, 2.75) is 12.5 Å². The highest BCUT2D eigenvalue weighted by molar-refractivity contribution is 5.69. The number of rotatable bonds is 3. The first-order valence-electron chi connectivity index (χ1n) is 3.26. The van der Waals surface area contributed by atoms with Gasteiger partial charge in [0.25, 0.3) is 0 Å². The lowest BCUT2D eigenvalue weighted by atomic mass is 10.3. The quantitative estimate of drug-likeness (QED) is 0.614. The molecular formula is C6H11NO3. The molecule has 0 aliphatic carbocycles. The van der Waals surface area contributed by atoms with Gasteiger partial charge in [0.15, 0.2) is 0 Å². The van der Waals surface area contributed by atoms with E-state index in [1.165, 1.54) is 0 Å². The number of cyclic esters (lactones) is 1. The summed E-state index contributed by atoms with van der Waals surface area (Å²) in [5.74, 6) is 0. The molecule has 0 saturated carbocycles. The topological polar surface area (TPSA) is 47.6 Å². The maximum Gasteiger partial charge on any atom is 0.407 e. The number of methoxy groups -OCH3 is 1. The average molecular weight is 145 g/mol. The maximum absolute atomic E-state index is 10.4. The van der Waals surface area contributed by atoms with E-state index in [1.807, 2.05) is 0 Å². The third-order valence-corrected chi connectivity index (χ3v) is 1.39. The maximum atomic E-state index is 10.4. The summed E-state index contributed by atoms with van der Waals surface area (Å²) in [7, 11) is 1.63. The van der Waals surface area contributed by atoms with Crippen LogP contribution in [0.25, 0.3) is 0 Å². The summed E-state index contributed by atoms with van der Waals surface area (Å²) >= 11 is 0. The van der Waals surface area contributed by atoms with Crippen LogP contribution < -0.4 is 5.32 Å². The number of amides is 1. The van der Waals surface area contributed by atoms with Gasteiger partial charge in [0.2, 0.25) is 0 Å². The van der Waals surface area contributed by atoms with Gasteiger partial charge in [0, 0.05) is 20.1 Å². The molecule has 1 N–H and O–H groups in total. The van der Waals surface area contributed by atoms with E-state index in [2.05, 4.69) is 5.32 Å². The lowest BCUT2D eigenvalue weighted by Gasteiger charge is -2.04. The van der Waals surface area contributed by atoms with Crippen LogP contribution in [-0.4, -0.2) is 32.5 Å². The summed E-state index contributed by atoms with van der Waals surface area (Å²) in [6.45, 7) is 1.25. The second-order valence-corrected chi connectivity index (χ2v) is 2.19. The molecule has 1 unspecified atom stereocenters. The first-order chi connectivity index (χ1) is 4.83. The number of hydrogen-bond donors (Lipinski definition) is 1. The van der Waals surface area contributed by atoms with Crippen LogP contribution in [0.1, 0.15) is 6.42 Å². The normalized spacial score (nSPS) is 24.1. The van der Waals surface area contributed by atoms with Crippen LogP contribution in [0.3, 0.4) is 0 Å². The van der Waals surface area contributed by atoms with Gasteiger partial charge in [-0.1, -0.05) is 0 Å². The molecule has 58 valence electrons. The smallest absolute Gasteiger partial charge is 0.407 e. The monoisotopic (exact) mass is 145 g/mol. The van der Waals surface area contributed by atoms with Gasteiger partial charge < -0.3 is 14.8 Å². The Kier molecular flexibility index (Phi) is 2.50. The van der Waals surface area contributed by atoms with Crippen molar-refractivity contribution in [1.82, 2.24) is 5.32 Å². The highest BCUT2D eigenvalue weighted by atomic mass is 16.6. The van der Waals surface area contributed by atoms with Crippen LogP contribution in [0.15, 0.2) is 0 Å². The predicted octanol–water partition coefficient (Wildman–Crippen LogP) is 0.131. The molecule has 1 heterocycles. The molecule has 0 aromatic heterocycles. The van der Waals surface area contributed by atoms with Crippen molar-refractivity contribution >= 4 is 6.09 Å². The molecule has 4 heteroatoms. The molecule has 1 aliphatic rings. The molecule has 1 fully saturated rings. The SMILES string of the molecule is COCCC1CNC(=O)O1. The van der Waals surface area contributed by atoms with Crippen molar-refractivity contribution in [3.63, 3.8) is 0 Å². The molecule has 1 atom stereocenters. The fraction of sp³-hybridized carbons (Fsp3) is 0.833. The summed E-state index contributed by atoms with van der Waals surface area (Å²) in [5, 5.41) is 2.56. The Morgan fingerprint density at radius 1 is 1.90 bits per heavy atom. The van der Waals surface area contributed by atoms with E-state index in [-0.39, 0.29) is 12.2 Å². The summed E-state index contributed by atoms with van der Waals surface area (Å²) in [5.41, 5.74) is 0. The first-order valence-corrected chi connectivity index (χ1v) is 3.26. The summed E-state index contributed by atoms with van der Waals surface area (Å²) in [4.78, 5) is 10.4. The fourth-order valence-corrected chi connectivity index (χ4v) is 0.842. The minimum Gasteiger partial charge on any atom is -0.444 e. The lowest BCUT2D eigenvalue weighted by molar-refractivity contribution is 0.107. The number of nitrogens with one attached hydrogen (secondary N) is 1. The number of carbonyl (C=O) groups excluding carboxylic acids is 1. The van der Waals surface area contributed by atoms with E-state index < -0.39 is 0 Å². The van der Waals surface area contributed by atoms with E-state index in [1.54, 1.807) is 7.11 Å². The van der Waals surface area contributed by atoms with E-state index in [0.717, 1.165) is 6.42 Å². The predicted molar refractivity (Wildman–Crippen MR) is 34.8 cm³/mol. The van der Waals surface area contributed by atoms with Crippen molar-refractivity contribution in [2.24, 2.45) is 0 Å². The Morgan fingerprint density at radius 3 is 3.20 bits per heavy atom. The number of carbonyl (C=O) groups is 1. The molecule has 0 bridgehead atoms. The molecule has 4 nitrogen and oxygen atoms in total. The molecular weight excluding hydrogens is 134 g/mol. The zero-order valence-electron chi connectivity index (χ0n) is 5.92. The van der Waals surface area contributed by atoms with E-state index in [4.69, 9.17) is 9.47 Å². The largest absolute Gasteiger partial charge is 0.444 e. The van der Waals surface area contributed by atoms with Gasteiger partial charge in [-0.25, -0.2) is 4.79 Å². The molecule has 1 saturated heterocycles.